The molecule has 4 heteroatoms. The van der Waals surface area contributed by atoms with E-state index < -0.39 is 6.10 Å². The maximum Gasteiger partial charge on any atom is 0.0975 e. The third-order valence-electron chi connectivity index (χ3n) is 3.37. The second-order valence-electron chi connectivity index (χ2n) is 4.54. The van der Waals surface area contributed by atoms with Gasteiger partial charge in [-0.05, 0) is 12.3 Å². The smallest absolute Gasteiger partial charge is 0.0975 e. The molecule has 1 aliphatic carbocycles. The van der Waals surface area contributed by atoms with Gasteiger partial charge in [0.15, 0.2) is 0 Å². The van der Waals surface area contributed by atoms with Gasteiger partial charge < -0.3 is 5.11 Å². The molecule has 1 unspecified atom stereocenters. The molecular formula is C11H19N3O. The molecule has 4 nitrogen and oxygen atoms in total. The van der Waals surface area contributed by atoms with Gasteiger partial charge in [0.05, 0.1) is 18.0 Å². The van der Waals surface area contributed by atoms with Gasteiger partial charge in [-0.3, -0.25) is 0 Å². The Morgan fingerprint density at radius 3 is 2.80 bits per heavy atom. The van der Waals surface area contributed by atoms with Gasteiger partial charge in [0.25, 0.3) is 0 Å². The summed E-state index contributed by atoms with van der Waals surface area (Å²) in [6.45, 7) is 0. The molecule has 0 amide bonds. The van der Waals surface area contributed by atoms with Crippen LogP contribution < -0.4 is 0 Å². The van der Waals surface area contributed by atoms with Crippen LogP contribution >= 0.6 is 0 Å². The molecule has 0 aliphatic heterocycles. The van der Waals surface area contributed by atoms with Crippen molar-refractivity contribution in [1.82, 2.24) is 15.0 Å². The Morgan fingerprint density at radius 2 is 2.20 bits per heavy atom. The summed E-state index contributed by atoms with van der Waals surface area (Å²) in [5, 5.41) is 17.7. The number of rotatable bonds is 3. The Labute approximate surface area is 90.3 Å². The molecule has 1 aromatic rings. The Balaban J connectivity index is 1.91. The number of hydrogen-bond donors (Lipinski definition) is 1. The van der Waals surface area contributed by atoms with Crippen molar-refractivity contribution in [2.24, 2.45) is 13.0 Å². The fourth-order valence-corrected chi connectivity index (χ4v) is 2.46. The molecule has 0 radical (unpaired) electrons. The van der Waals surface area contributed by atoms with Gasteiger partial charge in [-0.25, -0.2) is 4.68 Å². The first-order valence-electron chi connectivity index (χ1n) is 5.80. The Morgan fingerprint density at radius 1 is 1.47 bits per heavy atom. The van der Waals surface area contributed by atoms with Crippen molar-refractivity contribution in [1.29, 1.82) is 0 Å². The summed E-state index contributed by atoms with van der Waals surface area (Å²) < 4.78 is 1.66. The predicted octanol–water partition coefficient (Wildman–Crippen LogP) is 1.82. The van der Waals surface area contributed by atoms with Gasteiger partial charge in [0.1, 0.15) is 0 Å². The van der Waals surface area contributed by atoms with Crippen molar-refractivity contribution in [3.8, 4) is 0 Å². The Kier molecular flexibility index (Phi) is 3.36. The van der Waals surface area contributed by atoms with E-state index in [4.69, 9.17) is 0 Å². The zero-order valence-corrected chi connectivity index (χ0v) is 9.26. The van der Waals surface area contributed by atoms with Crippen molar-refractivity contribution < 1.29 is 5.11 Å². The fourth-order valence-electron chi connectivity index (χ4n) is 2.46. The molecule has 1 atom stereocenters. The highest BCUT2D eigenvalue weighted by atomic mass is 16.3. The summed E-state index contributed by atoms with van der Waals surface area (Å²) in [6, 6.07) is 0. The molecule has 84 valence electrons. The van der Waals surface area contributed by atoms with Crippen LogP contribution in [0.15, 0.2) is 6.20 Å². The first-order chi connectivity index (χ1) is 7.27. The van der Waals surface area contributed by atoms with Crippen molar-refractivity contribution in [3.63, 3.8) is 0 Å². The summed E-state index contributed by atoms with van der Waals surface area (Å²) in [7, 11) is 1.83. The Bertz CT molecular complexity index is 305. The lowest BCUT2D eigenvalue weighted by Crippen LogP contribution is -2.13. The number of nitrogens with zero attached hydrogens (tertiary/aromatic N) is 3. The molecule has 1 N–H and O–H groups in total. The Hall–Kier alpha value is -0.900. The van der Waals surface area contributed by atoms with E-state index >= 15 is 0 Å². The molecule has 0 spiro atoms. The third-order valence-corrected chi connectivity index (χ3v) is 3.37. The van der Waals surface area contributed by atoms with E-state index in [1.807, 2.05) is 7.05 Å². The van der Waals surface area contributed by atoms with E-state index in [1.54, 1.807) is 10.9 Å². The van der Waals surface area contributed by atoms with Crippen LogP contribution in [-0.4, -0.2) is 20.1 Å². The van der Waals surface area contributed by atoms with Crippen LogP contribution in [-0.2, 0) is 7.05 Å². The normalized spacial score (nSPS) is 20.4. The van der Waals surface area contributed by atoms with Gasteiger partial charge in [-0.2, -0.15) is 0 Å². The molecule has 1 aromatic heterocycles. The summed E-state index contributed by atoms with van der Waals surface area (Å²) in [5.41, 5.74) is 0.834. The second-order valence-corrected chi connectivity index (χ2v) is 4.54. The van der Waals surface area contributed by atoms with Gasteiger partial charge >= 0.3 is 0 Å². The van der Waals surface area contributed by atoms with Crippen LogP contribution in [0, 0.1) is 5.92 Å². The molecule has 1 saturated carbocycles. The van der Waals surface area contributed by atoms with E-state index in [2.05, 4.69) is 10.3 Å². The topological polar surface area (TPSA) is 50.9 Å². The highest BCUT2D eigenvalue weighted by Gasteiger charge is 2.20. The van der Waals surface area contributed by atoms with Crippen LogP contribution in [0.2, 0.25) is 0 Å². The quantitative estimate of drug-likeness (QED) is 0.826. The highest BCUT2D eigenvalue weighted by Crippen LogP contribution is 2.31. The standard InChI is InChI=1S/C11H19N3O/c1-14-10(8-12-13-14)11(15)7-9-5-3-2-4-6-9/h8-9,11,15H,2-7H2,1H3. The minimum atomic E-state index is -0.395. The molecule has 15 heavy (non-hydrogen) atoms. The summed E-state index contributed by atoms with van der Waals surface area (Å²) in [5.74, 6) is 0.684. The van der Waals surface area contributed by atoms with E-state index in [0.29, 0.717) is 5.92 Å². The van der Waals surface area contributed by atoms with Crippen LogP contribution in [0.3, 0.4) is 0 Å². The molecule has 1 fully saturated rings. The van der Waals surface area contributed by atoms with Crippen molar-refractivity contribution in [2.45, 2.75) is 44.6 Å². The van der Waals surface area contributed by atoms with Gasteiger partial charge in [-0.15, -0.1) is 5.10 Å². The van der Waals surface area contributed by atoms with Gasteiger partial charge in [0.2, 0.25) is 0 Å². The number of aliphatic hydroxyl groups is 1. The fraction of sp³-hybridized carbons (Fsp3) is 0.818. The van der Waals surface area contributed by atoms with Gasteiger partial charge in [0, 0.05) is 7.05 Å². The van der Waals surface area contributed by atoms with Crippen LogP contribution in [0.1, 0.15) is 50.3 Å². The molecule has 1 heterocycles. The van der Waals surface area contributed by atoms with E-state index in [0.717, 1.165) is 12.1 Å². The molecule has 1 aliphatic rings. The first kappa shape index (κ1) is 10.6. The molecule has 2 rings (SSSR count). The van der Waals surface area contributed by atoms with E-state index in [1.165, 1.54) is 32.1 Å². The lowest BCUT2D eigenvalue weighted by molar-refractivity contribution is 0.123. The molecule has 0 bridgehead atoms. The number of aromatic nitrogens is 3. The highest BCUT2D eigenvalue weighted by molar-refractivity contribution is 4.98. The SMILES string of the molecule is Cn1nncc1C(O)CC1CCCCC1. The third kappa shape index (κ3) is 2.56. The van der Waals surface area contributed by atoms with Crippen LogP contribution in [0.25, 0.3) is 0 Å². The number of aliphatic hydroxyl groups excluding tert-OH is 1. The minimum Gasteiger partial charge on any atom is -0.387 e. The first-order valence-corrected chi connectivity index (χ1v) is 5.80. The van der Waals surface area contributed by atoms with Crippen LogP contribution in [0.5, 0.6) is 0 Å². The van der Waals surface area contributed by atoms with Gasteiger partial charge in [-0.1, -0.05) is 37.3 Å². The lowest BCUT2D eigenvalue weighted by atomic mass is 9.85. The lowest BCUT2D eigenvalue weighted by Gasteiger charge is -2.23. The molecule has 0 saturated heterocycles. The maximum absolute atomic E-state index is 10.0. The van der Waals surface area contributed by atoms with Crippen molar-refractivity contribution in [2.75, 3.05) is 0 Å². The van der Waals surface area contributed by atoms with Crippen molar-refractivity contribution >= 4 is 0 Å². The zero-order valence-electron chi connectivity index (χ0n) is 9.26. The number of aryl methyl sites for hydroxylation is 1. The van der Waals surface area contributed by atoms with Crippen molar-refractivity contribution in [3.05, 3.63) is 11.9 Å². The molecular weight excluding hydrogens is 190 g/mol. The largest absolute Gasteiger partial charge is 0.387 e. The van der Waals surface area contributed by atoms with Crippen LogP contribution in [0.4, 0.5) is 0 Å². The summed E-state index contributed by atoms with van der Waals surface area (Å²) >= 11 is 0. The zero-order chi connectivity index (χ0) is 10.7. The maximum atomic E-state index is 10.0. The monoisotopic (exact) mass is 209 g/mol. The second kappa shape index (κ2) is 4.75. The average Bonchev–Trinajstić information content (AvgIpc) is 2.66. The minimum absolute atomic E-state index is 0.395. The predicted molar refractivity (Wildman–Crippen MR) is 57.2 cm³/mol. The average molecular weight is 209 g/mol. The molecule has 0 aromatic carbocycles. The summed E-state index contributed by atoms with van der Waals surface area (Å²) in [4.78, 5) is 0. The van der Waals surface area contributed by atoms with E-state index in [9.17, 15) is 5.11 Å². The summed E-state index contributed by atoms with van der Waals surface area (Å²) in [6.07, 6.45) is 8.66. The van der Waals surface area contributed by atoms with E-state index in [-0.39, 0.29) is 0 Å². The number of hydrogen-bond acceptors (Lipinski definition) is 3.